The zero-order valence-electron chi connectivity index (χ0n) is 10.5. The van der Waals surface area contributed by atoms with Crippen LogP contribution in [0.4, 0.5) is 13.2 Å². The third-order valence-electron chi connectivity index (χ3n) is 2.77. The van der Waals surface area contributed by atoms with Gasteiger partial charge in [-0.15, -0.1) is 0 Å². The number of methoxy groups -OCH3 is 1. The van der Waals surface area contributed by atoms with E-state index in [-0.39, 0.29) is 5.56 Å². The van der Waals surface area contributed by atoms with E-state index in [1.807, 2.05) is 0 Å². The van der Waals surface area contributed by atoms with E-state index in [0.717, 1.165) is 12.1 Å². The van der Waals surface area contributed by atoms with Gasteiger partial charge < -0.3 is 9.47 Å². The molecule has 20 heavy (non-hydrogen) atoms. The minimum atomic E-state index is -1.54. The van der Waals surface area contributed by atoms with Crippen LogP contribution >= 0.6 is 0 Å². The number of esters is 1. The van der Waals surface area contributed by atoms with Gasteiger partial charge in [0.25, 0.3) is 0 Å². The van der Waals surface area contributed by atoms with Crippen LogP contribution in [0.1, 0.15) is 12.0 Å². The van der Waals surface area contributed by atoms with E-state index in [1.165, 1.54) is 25.3 Å². The van der Waals surface area contributed by atoms with Crippen LogP contribution in [0.25, 0.3) is 6.08 Å². The maximum Gasteiger partial charge on any atom is 0.334 e. The highest BCUT2D eigenvalue weighted by Gasteiger charge is 2.20. The second kappa shape index (κ2) is 5.81. The Labute approximate surface area is 113 Å². The molecule has 1 unspecified atom stereocenters. The van der Waals surface area contributed by atoms with Crippen LogP contribution in [0.3, 0.4) is 0 Å². The molecule has 2 rings (SSSR count). The molecule has 0 fully saturated rings. The van der Waals surface area contributed by atoms with Crippen molar-refractivity contribution in [3.63, 3.8) is 0 Å². The predicted octanol–water partition coefficient (Wildman–Crippen LogP) is 2.96. The van der Waals surface area contributed by atoms with Crippen molar-refractivity contribution in [2.45, 2.75) is 12.5 Å². The molecule has 1 aromatic rings. The molecule has 0 bridgehead atoms. The van der Waals surface area contributed by atoms with Crippen molar-refractivity contribution in [2.24, 2.45) is 0 Å². The van der Waals surface area contributed by atoms with Crippen LogP contribution in [-0.4, -0.2) is 19.2 Å². The van der Waals surface area contributed by atoms with Crippen molar-refractivity contribution in [3.8, 4) is 0 Å². The minimum Gasteiger partial charge on any atom is -0.501 e. The summed E-state index contributed by atoms with van der Waals surface area (Å²) in [4.78, 5) is 11.2. The number of rotatable bonds is 3. The van der Waals surface area contributed by atoms with E-state index in [1.54, 1.807) is 0 Å². The van der Waals surface area contributed by atoms with E-state index in [4.69, 9.17) is 9.47 Å². The molecule has 0 radical (unpaired) electrons. The molecule has 6 heteroatoms. The summed E-state index contributed by atoms with van der Waals surface area (Å²) in [6.45, 7) is 0. The average Bonchev–Trinajstić information content (AvgIpc) is 2.43. The Morgan fingerprint density at radius 3 is 2.75 bits per heavy atom. The number of hydrogen-bond acceptors (Lipinski definition) is 3. The molecular formula is C14H11F3O3. The molecule has 1 aromatic carbocycles. The van der Waals surface area contributed by atoms with Gasteiger partial charge in [-0.3, -0.25) is 0 Å². The van der Waals surface area contributed by atoms with Crippen molar-refractivity contribution >= 4 is 12.0 Å². The molecule has 0 aromatic heterocycles. The highest BCUT2D eigenvalue weighted by molar-refractivity contribution is 5.83. The molecule has 0 spiro atoms. The second-order valence-electron chi connectivity index (χ2n) is 4.12. The minimum absolute atomic E-state index is 0.131. The molecule has 1 aliphatic rings. The van der Waals surface area contributed by atoms with Gasteiger partial charge in [-0.25, -0.2) is 18.0 Å². The first kappa shape index (κ1) is 14.2. The third kappa shape index (κ3) is 3.01. The Bertz CT molecular complexity index is 594. The fraction of sp³-hybridized carbons (Fsp3) is 0.214. The Kier molecular flexibility index (Phi) is 4.12. The summed E-state index contributed by atoms with van der Waals surface area (Å²) in [6.07, 6.45) is 3.48. The summed E-state index contributed by atoms with van der Waals surface area (Å²) in [5, 5.41) is 0. The van der Waals surface area contributed by atoms with Crippen molar-refractivity contribution in [3.05, 3.63) is 53.1 Å². The third-order valence-corrected chi connectivity index (χ3v) is 2.77. The number of hydrogen-bond donors (Lipinski definition) is 0. The summed E-state index contributed by atoms with van der Waals surface area (Å²) in [6, 6.07) is 1.92. The Morgan fingerprint density at radius 2 is 2.05 bits per heavy atom. The van der Waals surface area contributed by atoms with Gasteiger partial charge in [0.1, 0.15) is 11.9 Å². The Balaban J connectivity index is 2.16. The lowest BCUT2D eigenvalue weighted by Gasteiger charge is -2.19. The molecule has 0 aliphatic carbocycles. The predicted molar refractivity (Wildman–Crippen MR) is 64.9 cm³/mol. The summed E-state index contributed by atoms with van der Waals surface area (Å²) >= 11 is 0. The molecule has 0 saturated heterocycles. The lowest BCUT2D eigenvalue weighted by atomic mass is 10.1. The van der Waals surface area contributed by atoms with Gasteiger partial charge in [0.05, 0.1) is 13.2 Å². The average molecular weight is 284 g/mol. The van der Waals surface area contributed by atoms with Gasteiger partial charge in [-0.1, -0.05) is 6.08 Å². The Hall–Kier alpha value is -2.24. The van der Waals surface area contributed by atoms with Gasteiger partial charge in [-0.05, 0) is 18.2 Å². The maximum atomic E-state index is 13.4. The van der Waals surface area contributed by atoms with Crippen molar-refractivity contribution in [1.82, 2.24) is 0 Å². The standard InChI is InChI=1S/C14H11F3O3/c1-19-10-6-9(20-12(18)7-10)4-2-8-3-5-11(15)14(17)13(8)16/h2-5,7,9H,6H2,1H3/b4-2+. The SMILES string of the molecule is COC1=CC(=O)OC(/C=C/c2ccc(F)c(F)c2F)C1. The van der Waals surface area contributed by atoms with Gasteiger partial charge >= 0.3 is 5.97 Å². The maximum absolute atomic E-state index is 13.4. The van der Waals surface area contributed by atoms with Gasteiger partial charge in [-0.2, -0.15) is 0 Å². The zero-order valence-corrected chi connectivity index (χ0v) is 10.5. The normalized spacial score (nSPS) is 18.9. The van der Waals surface area contributed by atoms with Gasteiger partial charge in [0.15, 0.2) is 17.5 Å². The van der Waals surface area contributed by atoms with E-state index in [2.05, 4.69) is 0 Å². The molecule has 1 atom stereocenters. The lowest BCUT2D eigenvalue weighted by Crippen LogP contribution is -2.21. The van der Waals surface area contributed by atoms with Crippen LogP contribution < -0.4 is 0 Å². The fourth-order valence-corrected chi connectivity index (χ4v) is 1.74. The van der Waals surface area contributed by atoms with Gasteiger partial charge in [0, 0.05) is 12.0 Å². The smallest absolute Gasteiger partial charge is 0.334 e. The summed E-state index contributed by atoms with van der Waals surface area (Å²) in [5.74, 6) is -4.22. The largest absolute Gasteiger partial charge is 0.501 e. The number of cyclic esters (lactones) is 1. The second-order valence-corrected chi connectivity index (χ2v) is 4.12. The van der Waals surface area contributed by atoms with Crippen LogP contribution in [-0.2, 0) is 14.3 Å². The summed E-state index contributed by atoms with van der Waals surface area (Å²) in [5.41, 5.74) is -0.131. The molecule has 3 nitrogen and oxygen atoms in total. The molecule has 0 amide bonds. The zero-order chi connectivity index (χ0) is 14.7. The fourth-order valence-electron chi connectivity index (χ4n) is 1.74. The van der Waals surface area contributed by atoms with Crippen molar-refractivity contribution in [2.75, 3.05) is 7.11 Å². The molecular weight excluding hydrogens is 273 g/mol. The molecule has 0 saturated carbocycles. The number of halogens is 3. The number of ether oxygens (including phenoxy) is 2. The number of carbonyl (C=O) groups excluding carboxylic acids is 1. The first-order valence-corrected chi connectivity index (χ1v) is 5.78. The highest BCUT2D eigenvalue weighted by Crippen LogP contribution is 2.20. The molecule has 1 aliphatic heterocycles. The van der Waals surface area contributed by atoms with Crippen LogP contribution in [0.2, 0.25) is 0 Å². The van der Waals surface area contributed by atoms with Crippen LogP contribution in [0.5, 0.6) is 0 Å². The Morgan fingerprint density at radius 1 is 1.30 bits per heavy atom. The summed E-state index contributed by atoms with van der Waals surface area (Å²) in [7, 11) is 1.42. The molecule has 1 heterocycles. The van der Waals surface area contributed by atoms with E-state index < -0.39 is 29.5 Å². The monoisotopic (exact) mass is 284 g/mol. The van der Waals surface area contributed by atoms with E-state index in [0.29, 0.717) is 12.2 Å². The first-order chi connectivity index (χ1) is 9.51. The van der Waals surface area contributed by atoms with E-state index in [9.17, 15) is 18.0 Å². The molecule has 0 N–H and O–H groups in total. The first-order valence-electron chi connectivity index (χ1n) is 5.78. The van der Waals surface area contributed by atoms with Crippen LogP contribution in [0, 0.1) is 17.5 Å². The topological polar surface area (TPSA) is 35.5 Å². The van der Waals surface area contributed by atoms with E-state index >= 15 is 0 Å². The quantitative estimate of drug-likeness (QED) is 0.632. The number of carbonyl (C=O) groups is 1. The van der Waals surface area contributed by atoms with Gasteiger partial charge in [0.2, 0.25) is 0 Å². The van der Waals surface area contributed by atoms with Crippen molar-refractivity contribution in [1.29, 1.82) is 0 Å². The lowest BCUT2D eigenvalue weighted by molar-refractivity contribution is -0.142. The number of benzene rings is 1. The highest BCUT2D eigenvalue weighted by atomic mass is 19.2. The van der Waals surface area contributed by atoms with Crippen LogP contribution in [0.15, 0.2) is 30.0 Å². The van der Waals surface area contributed by atoms with Crippen molar-refractivity contribution < 1.29 is 27.4 Å². The summed E-state index contributed by atoms with van der Waals surface area (Å²) < 4.78 is 49.1. The molecule has 106 valence electrons.